The van der Waals surface area contributed by atoms with Gasteiger partial charge in [0.25, 0.3) is 0 Å². The summed E-state index contributed by atoms with van der Waals surface area (Å²) in [4.78, 5) is 7.00. The molecule has 0 spiro atoms. The summed E-state index contributed by atoms with van der Waals surface area (Å²) < 4.78 is 0. The molecule has 2 heterocycles. The fourth-order valence-electron chi connectivity index (χ4n) is 2.44. The van der Waals surface area contributed by atoms with Crippen LogP contribution in [-0.2, 0) is 0 Å². The van der Waals surface area contributed by atoms with Crippen molar-refractivity contribution in [3.05, 3.63) is 24.0 Å². The largest absolute Gasteiger partial charge is 0.388 e. The molecule has 0 bridgehead atoms. The van der Waals surface area contributed by atoms with Crippen LogP contribution in [0.2, 0.25) is 0 Å². The standard InChI is InChI=1S/C14H22N4S/c1-2-18-7-4-11(5-8-18)10-17-12-3-6-16-13(9-12)14(15)19/h3,6,9,11H,2,4-5,7-8,10H2,1H3,(H2,15,19)(H,16,17). The zero-order chi connectivity index (χ0) is 13.7. The molecule has 0 aliphatic carbocycles. The third-order valence-corrected chi connectivity index (χ3v) is 3.97. The highest BCUT2D eigenvalue weighted by molar-refractivity contribution is 7.80. The second-order valence-corrected chi connectivity index (χ2v) is 5.49. The number of nitrogens with zero attached hydrogens (tertiary/aromatic N) is 2. The molecule has 1 aromatic heterocycles. The smallest absolute Gasteiger partial charge is 0.122 e. The highest BCUT2D eigenvalue weighted by Crippen LogP contribution is 2.18. The van der Waals surface area contributed by atoms with Crippen molar-refractivity contribution >= 4 is 22.9 Å². The number of likely N-dealkylation sites (tertiary alicyclic amines) is 1. The van der Waals surface area contributed by atoms with E-state index in [0.29, 0.717) is 10.7 Å². The Labute approximate surface area is 120 Å². The Kier molecular flexibility index (Phi) is 5.10. The maximum Gasteiger partial charge on any atom is 0.122 e. The molecule has 0 amide bonds. The second-order valence-electron chi connectivity index (χ2n) is 5.05. The van der Waals surface area contributed by atoms with Crippen molar-refractivity contribution in [2.45, 2.75) is 19.8 Å². The number of nitrogens with two attached hydrogens (primary N) is 1. The highest BCUT2D eigenvalue weighted by Gasteiger charge is 2.17. The molecule has 3 N–H and O–H groups in total. The Morgan fingerprint density at radius 3 is 2.89 bits per heavy atom. The highest BCUT2D eigenvalue weighted by atomic mass is 32.1. The van der Waals surface area contributed by atoms with Crippen LogP contribution in [0.4, 0.5) is 5.69 Å². The molecule has 4 nitrogen and oxygen atoms in total. The lowest BCUT2D eigenvalue weighted by Gasteiger charge is -2.31. The van der Waals surface area contributed by atoms with E-state index < -0.39 is 0 Å². The first-order valence-electron chi connectivity index (χ1n) is 6.91. The summed E-state index contributed by atoms with van der Waals surface area (Å²) in [6.07, 6.45) is 4.29. The minimum absolute atomic E-state index is 0.347. The van der Waals surface area contributed by atoms with E-state index in [0.717, 1.165) is 18.2 Å². The van der Waals surface area contributed by atoms with E-state index in [1.165, 1.54) is 32.5 Å². The van der Waals surface area contributed by atoms with E-state index in [9.17, 15) is 0 Å². The van der Waals surface area contributed by atoms with Crippen LogP contribution in [0, 0.1) is 5.92 Å². The number of hydrogen-bond acceptors (Lipinski definition) is 4. The summed E-state index contributed by atoms with van der Waals surface area (Å²) in [5.41, 5.74) is 7.32. The lowest BCUT2D eigenvalue weighted by Crippen LogP contribution is -2.35. The number of piperidine rings is 1. The Morgan fingerprint density at radius 2 is 2.26 bits per heavy atom. The Hall–Kier alpha value is -1.20. The summed E-state index contributed by atoms with van der Waals surface area (Å²) in [5.74, 6) is 0.754. The fraction of sp³-hybridized carbons (Fsp3) is 0.571. The van der Waals surface area contributed by atoms with E-state index in [4.69, 9.17) is 18.0 Å². The van der Waals surface area contributed by atoms with Crippen LogP contribution in [0.5, 0.6) is 0 Å². The molecule has 104 valence electrons. The molecule has 19 heavy (non-hydrogen) atoms. The summed E-state index contributed by atoms with van der Waals surface area (Å²) >= 11 is 4.94. The minimum atomic E-state index is 0.347. The van der Waals surface area contributed by atoms with Crippen LogP contribution in [-0.4, -0.2) is 41.1 Å². The number of thiocarbonyl (C=S) groups is 1. The van der Waals surface area contributed by atoms with Gasteiger partial charge in [-0.3, -0.25) is 4.98 Å². The van der Waals surface area contributed by atoms with E-state index in [1.54, 1.807) is 6.20 Å². The average Bonchev–Trinajstić information content (AvgIpc) is 2.46. The molecule has 1 aliphatic rings. The lowest BCUT2D eigenvalue weighted by molar-refractivity contribution is 0.198. The van der Waals surface area contributed by atoms with Crippen LogP contribution in [0.3, 0.4) is 0 Å². The quantitative estimate of drug-likeness (QED) is 0.805. The van der Waals surface area contributed by atoms with Crippen molar-refractivity contribution in [1.29, 1.82) is 0 Å². The summed E-state index contributed by atoms with van der Waals surface area (Å²) in [5, 5.41) is 3.47. The van der Waals surface area contributed by atoms with E-state index in [1.807, 2.05) is 12.1 Å². The van der Waals surface area contributed by atoms with Crippen LogP contribution in [0.1, 0.15) is 25.5 Å². The van der Waals surface area contributed by atoms with Crippen molar-refractivity contribution in [2.24, 2.45) is 11.7 Å². The number of aromatic nitrogens is 1. The van der Waals surface area contributed by atoms with Crippen LogP contribution in [0.15, 0.2) is 18.3 Å². The van der Waals surface area contributed by atoms with Gasteiger partial charge in [0.2, 0.25) is 0 Å². The first kappa shape index (κ1) is 14.2. The molecule has 0 aromatic carbocycles. The molecule has 1 aromatic rings. The van der Waals surface area contributed by atoms with Crippen LogP contribution in [0.25, 0.3) is 0 Å². The Morgan fingerprint density at radius 1 is 1.53 bits per heavy atom. The zero-order valence-corrected chi connectivity index (χ0v) is 12.2. The molecule has 1 saturated heterocycles. The number of nitrogens with one attached hydrogen (secondary N) is 1. The molecule has 0 atom stereocenters. The lowest BCUT2D eigenvalue weighted by atomic mass is 9.97. The normalized spacial score (nSPS) is 17.3. The van der Waals surface area contributed by atoms with Crippen LogP contribution >= 0.6 is 12.2 Å². The Balaban J connectivity index is 1.82. The van der Waals surface area contributed by atoms with Gasteiger partial charge in [0.05, 0.1) is 5.69 Å². The van der Waals surface area contributed by atoms with Gasteiger partial charge in [0.1, 0.15) is 4.99 Å². The molecule has 5 heteroatoms. The monoisotopic (exact) mass is 278 g/mol. The zero-order valence-electron chi connectivity index (χ0n) is 11.4. The van der Waals surface area contributed by atoms with E-state index in [2.05, 4.69) is 22.1 Å². The molecular formula is C14H22N4S. The molecule has 2 rings (SSSR count). The van der Waals surface area contributed by atoms with Gasteiger partial charge in [-0.2, -0.15) is 0 Å². The van der Waals surface area contributed by atoms with Gasteiger partial charge < -0.3 is 16.0 Å². The first-order valence-corrected chi connectivity index (χ1v) is 7.32. The average molecular weight is 278 g/mol. The molecule has 0 unspecified atom stereocenters. The topological polar surface area (TPSA) is 54.2 Å². The van der Waals surface area contributed by atoms with E-state index in [-0.39, 0.29) is 0 Å². The SMILES string of the molecule is CCN1CCC(CNc2ccnc(C(N)=S)c2)CC1. The molecule has 1 fully saturated rings. The predicted molar refractivity (Wildman–Crippen MR) is 83.5 cm³/mol. The number of pyridine rings is 1. The maximum absolute atomic E-state index is 5.59. The third kappa shape index (κ3) is 4.14. The minimum Gasteiger partial charge on any atom is -0.388 e. The van der Waals surface area contributed by atoms with Gasteiger partial charge in [-0.15, -0.1) is 0 Å². The van der Waals surface area contributed by atoms with Gasteiger partial charge in [0, 0.05) is 18.4 Å². The molecule has 0 saturated carbocycles. The van der Waals surface area contributed by atoms with Crippen molar-refractivity contribution in [1.82, 2.24) is 9.88 Å². The van der Waals surface area contributed by atoms with Gasteiger partial charge in [-0.25, -0.2) is 0 Å². The predicted octanol–water partition coefficient (Wildman–Crippen LogP) is 1.86. The number of anilines is 1. The number of hydrogen-bond donors (Lipinski definition) is 2. The maximum atomic E-state index is 5.59. The van der Waals surface area contributed by atoms with Crippen LogP contribution < -0.4 is 11.1 Å². The molecule has 0 radical (unpaired) electrons. The molecular weight excluding hydrogens is 256 g/mol. The van der Waals surface area contributed by atoms with Gasteiger partial charge in [-0.1, -0.05) is 19.1 Å². The first-order chi connectivity index (χ1) is 9.19. The van der Waals surface area contributed by atoms with Crippen molar-refractivity contribution in [2.75, 3.05) is 31.5 Å². The third-order valence-electron chi connectivity index (χ3n) is 3.76. The van der Waals surface area contributed by atoms with E-state index >= 15 is 0 Å². The van der Waals surface area contributed by atoms with Gasteiger partial charge >= 0.3 is 0 Å². The summed E-state index contributed by atoms with van der Waals surface area (Å²) in [6, 6.07) is 3.88. The number of rotatable bonds is 5. The summed E-state index contributed by atoms with van der Waals surface area (Å²) in [6.45, 7) is 6.85. The second kappa shape index (κ2) is 6.82. The van der Waals surface area contributed by atoms with Gasteiger partial charge in [-0.05, 0) is 50.5 Å². The van der Waals surface area contributed by atoms with Crippen molar-refractivity contribution in [3.8, 4) is 0 Å². The van der Waals surface area contributed by atoms with Crippen molar-refractivity contribution in [3.63, 3.8) is 0 Å². The Bertz CT molecular complexity index is 427. The van der Waals surface area contributed by atoms with Crippen molar-refractivity contribution < 1.29 is 0 Å². The fourth-order valence-corrected chi connectivity index (χ4v) is 2.56. The van der Waals surface area contributed by atoms with Gasteiger partial charge in [0.15, 0.2) is 0 Å². The molecule has 1 aliphatic heterocycles. The summed E-state index contributed by atoms with van der Waals surface area (Å²) in [7, 11) is 0.